The highest BCUT2D eigenvalue weighted by Crippen LogP contribution is 2.40. The van der Waals surface area contributed by atoms with Crippen LogP contribution in [0, 0.1) is 0 Å². The third-order valence-electron chi connectivity index (χ3n) is 9.57. The molecule has 8 rings (SSSR count). The predicted molar refractivity (Wildman–Crippen MR) is 195 cm³/mol. The molecule has 3 unspecified atom stereocenters. The standard InChI is InChI=1S/C13H15N5O2.C13H16N2O2.C12H16N2O2/c14-16-15-11-6-8-17(9-7-11)13(19)18-12(20-18)10-4-2-1-3-5-10;16-13(14-9-5-2-6-10-14)15-12(17-15)11-7-3-1-4-8-11;1-3-13(4-2)12(15)14-11(16-14)10-8-6-5-7-9-10/h1-5,11-12H,6-9H2;1,3-4,7-8,12H,2,5-6,9-10H2;5-9,11H,3-4H2,1-2H3. The molecule has 5 saturated heterocycles. The lowest BCUT2D eigenvalue weighted by molar-refractivity contribution is 0.127. The Bertz CT molecular complexity index is 1700. The largest absolute Gasteiger partial charge is 0.346 e. The Labute approximate surface area is 309 Å². The first-order chi connectivity index (χ1) is 25.9. The molecule has 5 aliphatic heterocycles. The second kappa shape index (κ2) is 17.9. The fourth-order valence-corrected chi connectivity index (χ4v) is 6.36. The second-order valence-electron chi connectivity index (χ2n) is 13.1. The summed E-state index contributed by atoms with van der Waals surface area (Å²) in [6.07, 6.45) is 4.22. The molecule has 0 bridgehead atoms. The highest BCUT2D eigenvalue weighted by atomic mass is 16.9. The van der Waals surface area contributed by atoms with Crippen molar-refractivity contribution >= 4 is 18.1 Å². The molecule has 0 aliphatic carbocycles. The molecule has 0 saturated carbocycles. The number of carbonyl (C=O) groups is 3. The Morgan fingerprint density at radius 1 is 0.642 bits per heavy atom. The van der Waals surface area contributed by atoms with Crippen LogP contribution < -0.4 is 0 Å². The van der Waals surface area contributed by atoms with Gasteiger partial charge < -0.3 is 14.7 Å². The molecule has 5 aliphatic rings. The number of likely N-dealkylation sites (tertiary alicyclic amines) is 2. The number of amides is 6. The van der Waals surface area contributed by atoms with E-state index < -0.39 is 0 Å². The van der Waals surface area contributed by atoms with Crippen molar-refractivity contribution < 1.29 is 28.9 Å². The first-order valence-electron chi connectivity index (χ1n) is 18.4. The van der Waals surface area contributed by atoms with E-state index in [1.54, 1.807) is 9.80 Å². The lowest BCUT2D eigenvalue weighted by Crippen LogP contribution is -2.41. The number of rotatable bonds is 6. The van der Waals surface area contributed by atoms with E-state index in [0.717, 1.165) is 42.6 Å². The van der Waals surface area contributed by atoms with Crippen LogP contribution in [0.15, 0.2) is 96.1 Å². The monoisotopic (exact) mass is 725 g/mol. The van der Waals surface area contributed by atoms with Crippen molar-refractivity contribution in [1.82, 2.24) is 29.9 Å². The molecule has 53 heavy (non-hydrogen) atoms. The number of nitrogens with zero attached hydrogens (tertiary/aromatic N) is 9. The van der Waals surface area contributed by atoms with Crippen LogP contribution in [-0.4, -0.2) is 93.3 Å². The number of hydrogen-bond acceptors (Lipinski definition) is 7. The van der Waals surface area contributed by atoms with Crippen LogP contribution in [0.4, 0.5) is 14.4 Å². The fourth-order valence-electron chi connectivity index (χ4n) is 6.36. The average Bonchev–Trinajstić information content (AvgIpc) is 4.10. The third-order valence-corrected chi connectivity index (χ3v) is 9.57. The van der Waals surface area contributed by atoms with E-state index in [0.29, 0.717) is 39.0 Å². The molecule has 5 fully saturated rings. The van der Waals surface area contributed by atoms with Gasteiger partial charge in [-0.2, -0.15) is 15.2 Å². The topological polar surface area (TPSA) is 156 Å². The van der Waals surface area contributed by atoms with Crippen molar-refractivity contribution in [3.8, 4) is 0 Å². The van der Waals surface area contributed by atoms with Crippen molar-refractivity contribution in [3.05, 3.63) is 118 Å². The van der Waals surface area contributed by atoms with Gasteiger partial charge in [-0.3, -0.25) is 0 Å². The van der Waals surface area contributed by atoms with Gasteiger partial charge in [-0.25, -0.2) is 28.9 Å². The van der Waals surface area contributed by atoms with Crippen LogP contribution in [0.3, 0.4) is 0 Å². The van der Waals surface area contributed by atoms with Gasteiger partial charge in [0.2, 0.25) is 18.7 Å². The summed E-state index contributed by atoms with van der Waals surface area (Å²) < 4.78 is 0. The van der Waals surface area contributed by atoms with E-state index in [-0.39, 0.29) is 42.8 Å². The highest BCUT2D eigenvalue weighted by Gasteiger charge is 2.46. The molecule has 0 aromatic heterocycles. The summed E-state index contributed by atoms with van der Waals surface area (Å²) in [6.45, 7) is 8.26. The summed E-state index contributed by atoms with van der Waals surface area (Å²) in [7, 11) is 0. The van der Waals surface area contributed by atoms with Crippen molar-refractivity contribution in [2.45, 2.75) is 70.7 Å². The number of piperidine rings is 2. The Hall–Kier alpha value is -5.34. The number of hydrogen-bond donors (Lipinski definition) is 0. The van der Waals surface area contributed by atoms with Gasteiger partial charge in [0.25, 0.3) is 0 Å². The zero-order valence-electron chi connectivity index (χ0n) is 30.2. The Kier molecular flexibility index (Phi) is 12.7. The summed E-state index contributed by atoms with van der Waals surface area (Å²) in [5.41, 5.74) is 11.4. The minimum absolute atomic E-state index is 0.00379. The number of benzene rings is 3. The van der Waals surface area contributed by atoms with Gasteiger partial charge in [-0.1, -0.05) is 96.1 Å². The van der Waals surface area contributed by atoms with Crippen LogP contribution in [0.5, 0.6) is 0 Å². The molecular weight excluding hydrogens is 678 g/mol. The number of urea groups is 3. The van der Waals surface area contributed by atoms with E-state index in [1.807, 2.05) is 110 Å². The SMILES string of the molecule is CCN(CC)C(=O)N1OC1c1ccccc1.O=C(N1CCCCC1)N1OC1c1ccccc1.[N-]=[N+]=NC1CCN(C(=O)N2OC2c2ccccc2)CC1. The average molecular weight is 726 g/mol. The van der Waals surface area contributed by atoms with Crippen LogP contribution in [0.2, 0.25) is 0 Å². The van der Waals surface area contributed by atoms with E-state index in [1.165, 1.54) is 21.6 Å². The van der Waals surface area contributed by atoms with Gasteiger partial charge in [0.1, 0.15) is 0 Å². The van der Waals surface area contributed by atoms with Crippen LogP contribution in [0.1, 0.15) is 81.3 Å². The van der Waals surface area contributed by atoms with E-state index in [9.17, 15) is 14.4 Å². The van der Waals surface area contributed by atoms with E-state index in [4.69, 9.17) is 20.0 Å². The molecule has 0 N–H and O–H groups in total. The molecule has 0 spiro atoms. The molecule has 280 valence electrons. The maximum Gasteiger partial charge on any atom is 0.346 e. The quantitative estimate of drug-likeness (QED) is 0.109. The van der Waals surface area contributed by atoms with Crippen molar-refractivity contribution in [3.63, 3.8) is 0 Å². The Balaban J connectivity index is 0.000000137. The molecular formula is C38H47N9O6. The minimum Gasteiger partial charge on any atom is -0.323 e. The Morgan fingerprint density at radius 3 is 1.45 bits per heavy atom. The van der Waals surface area contributed by atoms with Gasteiger partial charge in [-0.15, -0.1) is 0 Å². The molecule has 15 nitrogen and oxygen atoms in total. The highest BCUT2D eigenvalue weighted by molar-refractivity contribution is 5.76. The lowest BCUT2D eigenvalue weighted by Gasteiger charge is -2.29. The fraction of sp³-hybridized carbons (Fsp3) is 0.447. The lowest BCUT2D eigenvalue weighted by atomic mass is 10.1. The Morgan fingerprint density at radius 2 is 1.04 bits per heavy atom. The van der Waals surface area contributed by atoms with Gasteiger partial charge in [0, 0.05) is 66.9 Å². The van der Waals surface area contributed by atoms with Gasteiger partial charge in [-0.05, 0) is 51.5 Å². The number of hydroxylamine groups is 6. The summed E-state index contributed by atoms with van der Waals surface area (Å²) >= 11 is 0. The molecule has 6 amide bonds. The first-order valence-corrected chi connectivity index (χ1v) is 18.4. The zero-order valence-corrected chi connectivity index (χ0v) is 30.2. The maximum atomic E-state index is 12.2. The van der Waals surface area contributed by atoms with Crippen LogP contribution in [0.25, 0.3) is 10.4 Å². The van der Waals surface area contributed by atoms with Crippen molar-refractivity contribution in [1.29, 1.82) is 0 Å². The minimum atomic E-state index is -0.265. The summed E-state index contributed by atoms with van der Waals surface area (Å²) in [5.74, 6) is 0. The second-order valence-corrected chi connectivity index (χ2v) is 13.1. The first kappa shape index (κ1) is 37.4. The predicted octanol–water partition coefficient (Wildman–Crippen LogP) is 7.76. The van der Waals surface area contributed by atoms with Crippen molar-refractivity contribution in [2.24, 2.45) is 5.11 Å². The van der Waals surface area contributed by atoms with E-state index in [2.05, 4.69) is 10.0 Å². The molecule has 5 heterocycles. The molecule has 3 aromatic carbocycles. The van der Waals surface area contributed by atoms with E-state index >= 15 is 0 Å². The van der Waals surface area contributed by atoms with Gasteiger partial charge in [0.15, 0.2) is 0 Å². The number of azide groups is 1. The molecule has 0 radical (unpaired) electrons. The molecule has 3 aromatic rings. The smallest absolute Gasteiger partial charge is 0.323 e. The maximum absolute atomic E-state index is 12.2. The van der Waals surface area contributed by atoms with Crippen LogP contribution in [-0.2, 0) is 14.5 Å². The molecule has 15 heteroatoms. The van der Waals surface area contributed by atoms with Gasteiger partial charge in [0.05, 0.1) is 0 Å². The van der Waals surface area contributed by atoms with Gasteiger partial charge >= 0.3 is 18.1 Å². The van der Waals surface area contributed by atoms with Crippen LogP contribution >= 0.6 is 0 Å². The molecule has 3 atom stereocenters. The summed E-state index contributed by atoms with van der Waals surface area (Å²) in [4.78, 5) is 60.4. The summed E-state index contributed by atoms with van der Waals surface area (Å²) in [6, 6.07) is 29.1. The zero-order chi connectivity index (χ0) is 37.2. The summed E-state index contributed by atoms with van der Waals surface area (Å²) in [5, 5.41) is 7.98. The number of carbonyl (C=O) groups excluding carboxylic acids is 3. The van der Waals surface area contributed by atoms with Crippen molar-refractivity contribution in [2.75, 3.05) is 39.3 Å². The third kappa shape index (κ3) is 9.76. The normalized spacial score (nSPS) is 21.5.